The second kappa shape index (κ2) is 7.36. The highest BCUT2D eigenvalue weighted by Crippen LogP contribution is 2.27. The predicted molar refractivity (Wildman–Crippen MR) is 75.0 cm³/mol. The van der Waals surface area contributed by atoms with E-state index in [-0.39, 0.29) is 0 Å². The Morgan fingerprint density at radius 1 is 1.37 bits per heavy atom. The molecule has 0 spiro atoms. The molecule has 19 heavy (non-hydrogen) atoms. The molecule has 4 nitrogen and oxygen atoms in total. The topological polar surface area (TPSA) is 39.7 Å². The van der Waals surface area contributed by atoms with Gasteiger partial charge in [0.2, 0.25) is 0 Å². The monoisotopic (exact) mass is 265 g/mol. The third kappa shape index (κ3) is 4.40. The Balaban J connectivity index is 1.67. The number of rotatable bonds is 7. The molecule has 1 saturated heterocycles. The van der Waals surface area contributed by atoms with Crippen molar-refractivity contribution in [2.24, 2.45) is 5.92 Å². The summed E-state index contributed by atoms with van der Waals surface area (Å²) >= 11 is 0. The van der Waals surface area contributed by atoms with E-state index in [1.807, 2.05) is 25.1 Å². The minimum absolute atomic E-state index is 0.646. The first-order valence-corrected chi connectivity index (χ1v) is 6.85. The van der Waals surface area contributed by atoms with Gasteiger partial charge in [0.25, 0.3) is 0 Å². The van der Waals surface area contributed by atoms with Crippen molar-refractivity contribution in [3.63, 3.8) is 0 Å². The van der Waals surface area contributed by atoms with Crippen LogP contribution in [0.1, 0.15) is 12.0 Å². The molecule has 1 aromatic carbocycles. The number of nitrogens with one attached hydrogen (secondary N) is 1. The average molecular weight is 265 g/mol. The summed E-state index contributed by atoms with van der Waals surface area (Å²) in [5.74, 6) is 2.26. The van der Waals surface area contributed by atoms with Crippen molar-refractivity contribution in [2.75, 3.05) is 40.0 Å². The van der Waals surface area contributed by atoms with Crippen LogP contribution < -0.4 is 14.8 Å². The Hall–Kier alpha value is -1.26. The van der Waals surface area contributed by atoms with Crippen LogP contribution in [0.5, 0.6) is 11.5 Å². The van der Waals surface area contributed by atoms with Crippen molar-refractivity contribution in [3.05, 3.63) is 23.8 Å². The fourth-order valence-corrected chi connectivity index (χ4v) is 2.18. The van der Waals surface area contributed by atoms with Gasteiger partial charge in [0.15, 0.2) is 11.5 Å². The van der Waals surface area contributed by atoms with Gasteiger partial charge >= 0.3 is 0 Å². The molecule has 1 aromatic rings. The Bertz CT molecular complexity index is 389. The third-order valence-electron chi connectivity index (χ3n) is 3.31. The fraction of sp³-hybridized carbons (Fsp3) is 0.600. The van der Waals surface area contributed by atoms with Crippen LogP contribution in [0.4, 0.5) is 0 Å². The number of ether oxygens (including phenoxy) is 3. The van der Waals surface area contributed by atoms with Crippen LogP contribution >= 0.6 is 0 Å². The summed E-state index contributed by atoms with van der Waals surface area (Å²) in [5.41, 5.74) is 1.17. The van der Waals surface area contributed by atoms with Crippen molar-refractivity contribution in [3.8, 4) is 11.5 Å². The lowest BCUT2D eigenvalue weighted by atomic mass is 10.1. The molecule has 106 valence electrons. The standard InChI is InChI=1S/C15H23NO3/c1-12-3-4-14(15(9-12)17-2)19-8-6-16-10-13-5-7-18-11-13/h3-4,9,13,16H,5-8,10-11H2,1-2H3. The van der Waals surface area contributed by atoms with E-state index in [0.717, 1.165) is 37.8 Å². The molecular formula is C15H23NO3. The van der Waals surface area contributed by atoms with E-state index in [1.54, 1.807) is 7.11 Å². The van der Waals surface area contributed by atoms with E-state index in [4.69, 9.17) is 14.2 Å². The van der Waals surface area contributed by atoms with Gasteiger partial charge in [-0.2, -0.15) is 0 Å². The van der Waals surface area contributed by atoms with E-state index in [2.05, 4.69) is 5.32 Å². The number of methoxy groups -OCH3 is 1. The highest BCUT2D eigenvalue weighted by atomic mass is 16.5. The molecule has 1 fully saturated rings. The van der Waals surface area contributed by atoms with E-state index in [9.17, 15) is 0 Å². The van der Waals surface area contributed by atoms with Gasteiger partial charge in [-0.1, -0.05) is 6.07 Å². The van der Waals surface area contributed by atoms with Gasteiger partial charge in [0.05, 0.1) is 13.7 Å². The van der Waals surface area contributed by atoms with Crippen molar-refractivity contribution >= 4 is 0 Å². The molecule has 0 aromatic heterocycles. The van der Waals surface area contributed by atoms with Gasteiger partial charge in [-0.3, -0.25) is 0 Å². The Labute approximate surface area is 115 Å². The Kier molecular flexibility index (Phi) is 5.48. The number of aryl methyl sites for hydroxylation is 1. The summed E-state index contributed by atoms with van der Waals surface area (Å²) in [5, 5.41) is 3.40. The zero-order valence-corrected chi connectivity index (χ0v) is 11.8. The van der Waals surface area contributed by atoms with Crippen LogP contribution in [0, 0.1) is 12.8 Å². The average Bonchev–Trinajstić information content (AvgIpc) is 2.93. The lowest BCUT2D eigenvalue weighted by Crippen LogP contribution is -2.27. The van der Waals surface area contributed by atoms with E-state index in [0.29, 0.717) is 12.5 Å². The van der Waals surface area contributed by atoms with E-state index >= 15 is 0 Å². The van der Waals surface area contributed by atoms with Gasteiger partial charge in [-0.25, -0.2) is 0 Å². The molecule has 0 saturated carbocycles. The third-order valence-corrected chi connectivity index (χ3v) is 3.31. The summed E-state index contributed by atoms with van der Waals surface area (Å²) in [7, 11) is 1.67. The molecule has 1 unspecified atom stereocenters. The maximum atomic E-state index is 5.73. The van der Waals surface area contributed by atoms with Crippen LogP contribution in [0.3, 0.4) is 0 Å². The van der Waals surface area contributed by atoms with Crippen LogP contribution in [-0.4, -0.2) is 40.0 Å². The lowest BCUT2D eigenvalue weighted by Gasteiger charge is -2.13. The quantitative estimate of drug-likeness (QED) is 0.766. The number of benzene rings is 1. The van der Waals surface area contributed by atoms with Crippen LogP contribution in [0.2, 0.25) is 0 Å². The molecule has 1 aliphatic heterocycles. The molecule has 0 bridgehead atoms. The van der Waals surface area contributed by atoms with Crippen LogP contribution in [-0.2, 0) is 4.74 Å². The first-order valence-electron chi connectivity index (χ1n) is 6.85. The molecule has 1 aliphatic rings. The van der Waals surface area contributed by atoms with E-state index < -0.39 is 0 Å². The zero-order chi connectivity index (χ0) is 13.5. The molecule has 1 heterocycles. The highest BCUT2D eigenvalue weighted by molar-refractivity contribution is 5.42. The summed E-state index contributed by atoms with van der Waals surface area (Å²) in [6.07, 6.45) is 1.17. The molecule has 0 amide bonds. The maximum Gasteiger partial charge on any atom is 0.161 e. The van der Waals surface area contributed by atoms with Gasteiger partial charge < -0.3 is 19.5 Å². The zero-order valence-electron chi connectivity index (χ0n) is 11.8. The number of hydrogen-bond donors (Lipinski definition) is 1. The first kappa shape index (κ1) is 14.2. The lowest BCUT2D eigenvalue weighted by molar-refractivity contribution is 0.184. The van der Waals surface area contributed by atoms with Crippen molar-refractivity contribution < 1.29 is 14.2 Å². The maximum absolute atomic E-state index is 5.73. The minimum Gasteiger partial charge on any atom is -0.493 e. The highest BCUT2D eigenvalue weighted by Gasteiger charge is 2.14. The SMILES string of the molecule is COc1cc(C)ccc1OCCNCC1CCOC1. The Morgan fingerprint density at radius 3 is 3.00 bits per heavy atom. The molecule has 4 heteroatoms. The molecule has 0 radical (unpaired) electrons. The van der Waals surface area contributed by atoms with Gasteiger partial charge in [0, 0.05) is 19.7 Å². The molecular weight excluding hydrogens is 242 g/mol. The van der Waals surface area contributed by atoms with Gasteiger partial charge in [-0.05, 0) is 37.0 Å². The van der Waals surface area contributed by atoms with Gasteiger partial charge in [-0.15, -0.1) is 0 Å². The normalized spacial score (nSPS) is 18.5. The van der Waals surface area contributed by atoms with E-state index in [1.165, 1.54) is 12.0 Å². The van der Waals surface area contributed by atoms with Crippen molar-refractivity contribution in [2.45, 2.75) is 13.3 Å². The summed E-state index contributed by atoms with van der Waals surface area (Å²) in [4.78, 5) is 0. The van der Waals surface area contributed by atoms with Gasteiger partial charge in [0.1, 0.15) is 6.61 Å². The summed E-state index contributed by atoms with van der Waals surface area (Å²) < 4.78 is 16.4. The smallest absolute Gasteiger partial charge is 0.161 e. The summed E-state index contributed by atoms with van der Waals surface area (Å²) in [6.45, 7) is 6.33. The minimum atomic E-state index is 0.646. The largest absolute Gasteiger partial charge is 0.493 e. The predicted octanol–water partition coefficient (Wildman–Crippen LogP) is 2.01. The van der Waals surface area contributed by atoms with Crippen LogP contribution in [0.25, 0.3) is 0 Å². The molecule has 1 atom stereocenters. The first-order chi connectivity index (χ1) is 9.29. The fourth-order valence-electron chi connectivity index (χ4n) is 2.18. The number of hydrogen-bond acceptors (Lipinski definition) is 4. The second-order valence-corrected chi connectivity index (χ2v) is 4.94. The molecule has 0 aliphatic carbocycles. The molecule has 1 N–H and O–H groups in total. The van der Waals surface area contributed by atoms with Crippen molar-refractivity contribution in [1.82, 2.24) is 5.32 Å². The summed E-state index contributed by atoms with van der Waals surface area (Å²) in [6, 6.07) is 5.97. The second-order valence-electron chi connectivity index (χ2n) is 4.94. The Morgan fingerprint density at radius 2 is 2.26 bits per heavy atom. The van der Waals surface area contributed by atoms with Crippen molar-refractivity contribution in [1.29, 1.82) is 0 Å². The van der Waals surface area contributed by atoms with Crippen LogP contribution in [0.15, 0.2) is 18.2 Å². The molecule has 2 rings (SSSR count).